The van der Waals surface area contributed by atoms with Gasteiger partial charge in [0.25, 0.3) is 41.4 Å². The Morgan fingerprint density at radius 1 is 0.366 bits per heavy atom. The molecule has 0 fully saturated rings. The SMILES string of the molecule is O=C(NCc1ccccc1)C(=O)[C@@H]1C/C=C/COCCOCc2ccccc2C(=O)N1.O=C(NCc1ccccc1)C(=O)[C@@H]1C/C=C\COCCOCc2ccccc2C(=O)N1.O=C1N[C@H](C(O)C(=O)NCc2ccccc2)CC=CCOCCOCc2ccccc21.O=C[C@@H]1CC=CCOCCOCc2ccccc2C(=O)N1.[C-]#[N+]Cc1ccccc1. The highest BCUT2D eigenvalue weighted by Crippen LogP contribution is 2.18. The van der Waals surface area contributed by atoms with Crippen LogP contribution in [0.4, 0.5) is 0 Å². The topological polar surface area (TPSA) is 353 Å². The summed E-state index contributed by atoms with van der Waals surface area (Å²) in [7, 11) is 0. The molecule has 123 heavy (non-hydrogen) atoms. The second-order valence-electron chi connectivity index (χ2n) is 27.8. The van der Waals surface area contributed by atoms with Crippen molar-refractivity contribution in [3.05, 3.63) is 345 Å². The largest absolute Gasteiger partial charge is 0.381 e. The summed E-state index contributed by atoms with van der Waals surface area (Å²) in [6.45, 7) is 14.0. The van der Waals surface area contributed by atoms with Crippen LogP contribution in [0.15, 0.2) is 267 Å². The van der Waals surface area contributed by atoms with E-state index in [0.717, 1.165) is 39.7 Å². The third kappa shape index (κ3) is 35.8. The summed E-state index contributed by atoms with van der Waals surface area (Å²) < 4.78 is 44.0. The fourth-order valence-electron chi connectivity index (χ4n) is 12.1. The molecular weight excluding hydrogens is 1570 g/mol. The third-order valence-electron chi connectivity index (χ3n) is 18.8. The number of aliphatic hydroxyl groups excluding tert-OH is 1. The number of aldehydes is 1. The van der Waals surface area contributed by atoms with Gasteiger partial charge >= 0.3 is 0 Å². The number of rotatable bonds is 14. The van der Waals surface area contributed by atoms with Gasteiger partial charge < -0.3 is 89.9 Å². The van der Waals surface area contributed by atoms with Crippen LogP contribution in [0, 0.1) is 6.57 Å². The molecule has 0 radical (unpaired) electrons. The van der Waals surface area contributed by atoms with Crippen molar-refractivity contribution in [2.75, 3.05) is 79.3 Å². The molecule has 4 heterocycles. The van der Waals surface area contributed by atoms with Crippen molar-refractivity contribution in [3.63, 3.8) is 0 Å². The first-order valence-electron chi connectivity index (χ1n) is 40.5. The number of carbonyl (C=O) groups excluding carboxylic acids is 10. The van der Waals surface area contributed by atoms with Gasteiger partial charge in [-0.05, 0) is 88.9 Å². The van der Waals surface area contributed by atoms with E-state index in [1.807, 2.05) is 170 Å². The van der Waals surface area contributed by atoms with E-state index in [1.165, 1.54) is 0 Å². The zero-order chi connectivity index (χ0) is 87.1. The number of nitrogens with zero attached hydrogens (tertiary/aromatic N) is 1. The molecule has 0 bridgehead atoms. The van der Waals surface area contributed by atoms with Crippen LogP contribution in [0.25, 0.3) is 4.85 Å². The molecule has 8 N–H and O–H groups in total. The lowest BCUT2D eigenvalue weighted by Crippen LogP contribution is -2.50. The van der Waals surface area contributed by atoms with Gasteiger partial charge in [-0.2, -0.15) is 0 Å². The average molecular weight is 1680 g/mol. The van der Waals surface area contributed by atoms with E-state index in [9.17, 15) is 53.1 Å². The predicted molar refractivity (Wildman–Crippen MR) is 461 cm³/mol. The van der Waals surface area contributed by atoms with Crippen molar-refractivity contribution in [2.45, 2.75) is 109 Å². The maximum atomic E-state index is 12.9. The Morgan fingerprint density at radius 2 is 0.659 bits per heavy atom. The van der Waals surface area contributed by atoms with Crippen molar-refractivity contribution < 1.29 is 90.9 Å². The maximum absolute atomic E-state index is 12.9. The molecule has 0 saturated heterocycles. The zero-order valence-corrected chi connectivity index (χ0v) is 68.6. The summed E-state index contributed by atoms with van der Waals surface area (Å²) in [5, 5.41) is 29.6. The quantitative estimate of drug-likeness (QED) is 0.0217. The van der Waals surface area contributed by atoms with Crippen LogP contribution in [0.2, 0.25) is 0 Å². The summed E-state index contributed by atoms with van der Waals surface area (Å²) in [5.74, 6) is -4.88. The summed E-state index contributed by atoms with van der Waals surface area (Å²) in [5.41, 5.74) is 8.50. The van der Waals surface area contributed by atoms with E-state index in [1.54, 1.807) is 97.1 Å². The minimum atomic E-state index is -1.41. The van der Waals surface area contributed by atoms with Gasteiger partial charge in [0, 0.05) is 47.5 Å². The first-order chi connectivity index (χ1) is 60.2. The molecule has 4 aliphatic heterocycles. The molecule has 0 saturated carbocycles. The summed E-state index contributed by atoms with van der Waals surface area (Å²) in [6, 6.07) is 62.9. The first-order valence-corrected chi connectivity index (χ1v) is 40.5. The Balaban J connectivity index is 0.000000198. The smallest absolute Gasteiger partial charge is 0.289 e. The zero-order valence-electron chi connectivity index (χ0n) is 68.6. The van der Waals surface area contributed by atoms with E-state index in [0.29, 0.717) is 139 Å². The van der Waals surface area contributed by atoms with Gasteiger partial charge in [0.15, 0.2) is 6.10 Å². The fraction of sp³-hybridized carbons (Fsp3) is 0.302. The lowest BCUT2D eigenvalue weighted by Gasteiger charge is -2.23. The summed E-state index contributed by atoms with van der Waals surface area (Å²) in [6.07, 6.45) is 14.7. The summed E-state index contributed by atoms with van der Waals surface area (Å²) >= 11 is 0. The molecule has 8 aromatic rings. The van der Waals surface area contributed by atoms with Gasteiger partial charge in [-0.1, -0.05) is 243 Å². The van der Waals surface area contributed by atoms with Gasteiger partial charge in [0.1, 0.15) is 18.4 Å². The molecule has 1 unspecified atom stereocenters. The Bertz CT molecular complexity index is 4640. The van der Waals surface area contributed by atoms with Crippen molar-refractivity contribution >= 4 is 59.2 Å². The highest BCUT2D eigenvalue weighted by atomic mass is 16.5. The highest BCUT2D eigenvalue weighted by molar-refractivity contribution is 6.39. The van der Waals surface area contributed by atoms with E-state index in [2.05, 4.69) is 42.1 Å². The van der Waals surface area contributed by atoms with Gasteiger partial charge in [0.05, 0.1) is 118 Å². The molecular formula is C96H106N8O19. The molecule has 0 aromatic heterocycles. The minimum Gasteiger partial charge on any atom is -0.381 e. The second kappa shape index (κ2) is 56.6. The molecule has 27 nitrogen and oxygen atoms in total. The Morgan fingerprint density at radius 3 is 1.01 bits per heavy atom. The molecule has 8 aromatic carbocycles. The summed E-state index contributed by atoms with van der Waals surface area (Å²) in [4.78, 5) is 128. The highest BCUT2D eigenvalue weighted by Gasteiger charge is 2.31. The van der Waals surface area contributed by atoms with Crippen LogP contribution < -0.4 is 37.2 Å². The van der Waals surface area contributed by atoms with Crippen LogP contribution in [-0.2, 0) is 119 Å². The number of ether oxygens (including phenoxy) is 8. The first kappa shape index (κ1) is 95.6. The van der Waals surface area contributed by atoms with Crippen molar-refractivity contribution in [1.82, 2.24) is 37.2 Å². The maximum Gasteiger partial charge on any atom is 0.289 e. The molecule has 644 valence electrons. The van der Waals surface area contributed by atoms with E-state index in [4.69, 9.17) is 44.5 Å². The van der Waals surface area contributed by atoms with Crippen molar-refractivity contribution in [2.24, 2.45) is 0 Å². The van der Waals surface area contributed by atoms with Crippen LogP contribution in [0.5, 0.6) is 0 Å². The van der Waals surface area contributed by atoms with Gasteiger partial charge in [-0.3, -0.25) is 43.2 Å². The molecule has 12 rings (SSSR count). The number of Topliss-reactive ketones (excluding diaryl/α,β-unsaturated/α-hetero) is 2. The second-order valence-corrected chi connectivity index (χ2v) is 27.8. The average Bonchev–Trinajstić information content (AvgIpc) is 0.860. The monoisotopic (exact) mass is 1670 g/mol. The van der Waals surface area contributed by atoms with E-state index < -0.39 is 71.4 Å². The number of ketones is 2. The Hall–Kier alpha value is -12.9. The number of fused-ring (bicyclic) bond motifs is 4. The lowest BCUT2D eigenvalue weighted by atomic mass is 10.0. The Kier molecular flexibility index (Phi) is 44.0. The standard InChI is InChI=1S/C24H28N2O5.2C24H26N2O5.C16H19NO4.C8H7N/c3*27-22(24(29)25-16-18-8-2-1-3-9-18)21-12-6-7-13-30-14-15-31-17-19-10-4-5-11-20(19)23(28)26-21;18-11-14-6-3-4-8-20-9-10-21-12-13-5-1-2-7-15(13)16(19)17-14;1-9-7-8-5-3-2-4-6-8/h1-11,21-22,27H,12-17H2,(H,25,29)(H,26,28);2*1-11,21H,12-17H2,(H,25,29)(H,26,28);1-5,7,11,14H,6,8-10,12H2,(H,17,19);2-6H,7H2/b;7-6+;7-6-;;/t21-,22?;2*21-;14-;/m0000./s1. The molecule has 0 spiro atoms. The molecule has 5 atom stereocenters. The third-order valence-corrected chi connectivity index (χ3v) is 18.8. The lowest BCUT2D eigenvalue weighted by molar-refractivity contribution is -0.139. The van der Waals surface area contributed by atoms with Gasteiger partial charge in [-0.15, -0.1) is 0 Å². The number of hydrogen-bond acceptors (Lipinski definition) is 19. The van der Waals surface area contributed by atoms with Gasteiger partial charge in [-0.25, -0.2) is 6.57 Å². The van der Waals surface area contributed by atoms with Crippen LogP contribution in [0.1, 0.15) is 112 Å². The van der Waals surface area contributed by atoms with Crippen molar-refractivity contribution in [1.29, 1.82) is 0 Å². The van der Waals surface area contributed by atoms with Crippen molar-refractivity contribution in [3.8, 4) is 0 Å². The van der Waals surface area contributed by atoms with Crippen LogP contribution in [0.3, 0.4) is 0 Å². The number of aliphatic hydroxyl groups is 1. The molecule has 0 aliphatic carbocycles. The molecule has 7 amide bonds. The molecule has 4 aliphatic rings. The number of amides is 7. The fourth-order valence-corrected chi connectivity index (χ4v) is 12.1. The number of carbonyl (C=O) groups is 10. The molecule has 27 heteroatoms. The van der Waals surface area contributed by atoms with Crippen LogP contribution >= 0.6 is 0 Å². The van der Waals surface area contributed by atoms with Crippen LogP contribution in [-0.4, -0.2) is 174 Å². The minimum absolute atomic E-state index is 0.186. The number of hydrogen-bond donors (Lipinski definition) is 8. The Labute approximate surface area is 716 Å². The normalized spacial score (nSPS) is 18.4. The number of nitrogens with one attached hydrogen (secondary N) is 7. The number of benzene rings is 8. The van der Waals surface area contributed by atoms with E-state index in [-0.39, 0.29) is 64.0 Å². The van der Waals surface area contributed by atoms with Gasteiger partial charge in [0.2, 0.25) is 18.1 Å². The predicted octanol–water partition coefficient (Wildman–Crippen LogP) is 9.87. The van der Waals surface area contributed by atoms with E-state index >= 15 is 0 Å².